The number of carbonyl (C=O) groups excluding carboxylic acids is 2. The zero-order valence-corrected chi connectivity index (χ0v) is 17.7. The second kappa shape index (κ2) is 11.6. The van der Waals surface area contributed by atoms with Crippen molar-refractivity contribution >= 4 is 30.4 Å². The second-order valence-corrected chi connectivity index (χ2v) is 7.79. The van der Waals surface area contributed by atoms with Crippen molar-refractivity contribution < 1.29 is 24.2 Å². The van der Waals surface area contributed by atoms with Crippen LogP contribution in [0.15, 0.2) is 24.3 Å². The summed E-state index contributed by atoms with van der Waals surface area (Å²) in [7, 11) is 3.08. The fraction of sp³-hybridized carbons (Fsp3) is 0.550. The molecule has 28 heavy (non-hydrogen) atoms. The number of methoxy groups -OCH3 is 1. The van der Waals surface area contributed by atoms with Crippen molar-refractivity contribution in [2.75, 3.05) is 14.2 Å². The minimum Gasteiger partial charge on any atom is -0.497 e. The third-order valence-electron chi connectivity index (χ3n) is 4.39. The van der Waals surface area contributed by atoms with E-state index < -0.39 is 23.2 Å². The third kappa shape index (κ3) is 7.80. The van der Waals surface area contributed by atoms with Gasteiger partial charge in [-0.05, 0) is 30.0 Å². The highest BCUT2D eigenvalue weighted by Crippen LogP contribution is 2.23. The van der Waals surface area contributed by atoms with Crippen molar-refractivity contribution in [1.29, 1.82) is 0 Å². The monoisotopic (exact) mass is 410 g/mol. The molecule has 1 rings (SSSR count). The van der Waals surface area contributed by atoms with Gasteiger partial charge in [-0.15, -0.1) is 0 Å². The molecule has 156 valence electrons. The summed E-state index contributed by atoms with van der Waals surface area (Å²) in [6, 6.07) is 6.47. The molecule has 0 saturated heterocycles. The van der Waals surface area contributed by atoms with Gasteiger partial charge in [0.2, 0.25) is 11.8 Å². The van der Waals surface area contributed by atoms with E-state index in [4.69, 9.17) is 9.84 Å². The molecule has 0 aliphatic rings. The molecule has 0 saturated carbocycles. The molecule has 7 nitrogen and oxygen atoms in total. The van der Waals surface area contributed by atoms with Crippen LogP contribution in [0.5, 0.6) is 5.75 Å². The van der Waals surface area contributed by atoms with Crippen LogP contribution in [0.2, 0.25) is 0 Å². The number of carbonyl (C=O) groups is 3. The molecule has 2 unspecified atom stereocenters. The van der Waals surface area contributed by atoms with Gasteiger partial charge in [-0.25, -0.2) is 0 Å². The molecule has 3 N–H and O–H groups in total. The minimum absolute atomic E-state index is 0.180. The van der Waals surface area contributed by atoms with Crippen LogP contribution in [0.25, 0.3) is 0 Å². The number of rotatable bonds is 11. The predicted octanol–water partition coefficient (Wildman–Crippen LogP) is 1.90. The standard InChI is InChI=1S/C20H30N2O5S/c1-12(2)9-15(17(28)11-18(23)24)19(25)22-16(20(26)21-3)10-13-5-7-14(27-4)8-6-13/h5-8,12,15-17,28H,9-11H2,1-4H3,(H,21,26)(H,22,25)(H,23,24)/t15?,16-,17?/m0/s1. The molecule has 0 heterocycles. The van der Waals surface area contributed by atoms with Gasteiger partial charge >= 0.3 is 5.97 Å². The summed E-state index contributed by atoms with van der Waals surface area (Å²) in [5, 5.41) is 13.7. The fourth-order valence-electron chi connectivity index (χ4n) is 2.93. The molecule has 1 aromatic carbocycles. The molecular formula is C20H30N2O5S. The lowest BCUT2D eigenvalue weighted by molar-refractivity contribution is -0.137. The SMILES string of the molecule is CNC(=O)[C@H](Cc1ccc(OC)cc1)NC(=O)C(CC(C)C)C(S)CC(=O)O. The number of ether oxygens (including phenoxy) is 1. The first-order chi connectivity index (χ1) is 13.2. The topological polar surface area (TPSA) is 105 Å². The normalized spacial score (nSPS) is 14.1. The number of benzene rings is 1. The lowest BCUT2D eigenvalue weighted by Crippen LogP contribution is -2.50. The summed E-state index contributed by atoms with van der Waals surface area (Å²) in [6.45, 7) is 3.91. The van der Waals surface area contributed by atoms with Gasteiger partial charge < -0.3 is 20.5 Å². The average Bonchev–Trinajstić information content (AvgIpc) is 2.64. The zero-order valence-electron chi connectivity index (χ0n) is 16.8. The number of carboxylic acids is 1. The van der Waals surface area contributed by atoms with E-state index in [1.54, 1.807) is 19.2 Å². The zero-order chi connectivity index (χ0) is 21.3. The summed E-state index contributed by atoms with van der Waals surface area (Å²) >= 11 is 4.34. The number of nitrogens with one attached hydrogen (secondary N) is 2. The van der Waals surface area contributed by atoms with Crippen LogP contribution >= 0.6 is 12.6 Å². The first-order valence-corrected chi connectivity index (χ1v) is 9.74. The van der Waals surface area contributed by atoms with Crippen LogP contribution in [0.3, 0.4) is 0 Å². The first-order valence-electron chi connectivity index (χ1n) is 9.22. The summed E-state index contributed by atoms with van der Waals surface area (Å²) in [5.41, 5.74) is 0.864. The molecule has 0 aliphatic heterocycles. The number of carboxylic acid groups (broad SMARTS) is 1. The van der Waals surface area contributed by atoms with Gasteiger partial charge in [0.05, 0.1) is 19.4 Å². The number of likely N-dealkylation sites (N-methyl/N-ethyl adjacent to an activating group) is 1. The quantitative estimate of drug-likeness (QED) is 0.417. The molecule has 0 fully saturated rings. The molecule has 2 amide bonds. The largest absolute Gasteiger partial charge is 0.497 e. The molecule has 0 spiro atoms. The van der Waals surface area contributed by atoms with Gasteiger partial charge in [-0.1, -0.05) is 26.0 Å². The van der Waals surface area contributed by atoms with Gasteiger partial charge in [0.1, 0.15) is 11.8 Å². The van der Waals surface area contributed by atoms with Crippen LogP contribution in [-0.4, -0.2) is 48.3 Å². The maximum Gasteiger partial charge on any atom is 0.304 e. The summed E-state index contributed by atoms with van der Waals surface area (Å²) < 4.78 is 5.13. The third-order valence-corrected chi connectivity index (χ3v) is 4.93. The Hall–Kier alpha value is -2.22. The maximum atomic E-state index is 12.9. The summed E-state index contributed by atoms with van der Waals surface area (Å²) in [4.78, 5) is 36.2. The molecule has 0 aromatic heterocycles. The van der Waals surface area contributed by atoms with Crippen molar-refractivity contribution in [3.05, 3.63) is 29.8 Å². The van der Waals surface area contributed by atoms with E-state index >= 15 is 0 Å². The van der Waals surface area contributed by atoms with Crippen LogP contribution in [0.4, 0.5) is 0 Å². The smallest absolute Gasteiger partial charge is 0.304 e. The number of hydrogen-bond donors (Lipinski definition) is 4. The van der Waals surface area contributed by atoms with Gasteiger partial charge in [0.15, 0.2) is 0 Å². The fourth-order valence-corrected chi connectivity index (χ4v) is 3.34. The van der Waals surface area contributed by atoms with Crippen molar-refractivity contribution in [2.45, 2.75) is 44.4 Å². The van der Waals surface area contributed by atoms with Crippen LogP contribution in [0, 0.1) is 11.8 Å². The Bertz CT molecular complexity index is 663. The van der Waals surface area contributed by atoms with Gasteiger partial charge in [0.25, 0.3) is 0 Å². The summed E-state index contributed by atoms with van der Waals surface area (Å²) in [6.07, 6.45) is 0.563. The number of aliphatic carboxylic acids is 1. The number of hydrogen-bond acceptors (Lipinski definition) is 5. The lowest BCUT2D eigenvalue weighted by atomic mass is 9.91. The van der Waals surface area contributed by atoms with E-state index in [9.17, 15) is 14.4 Å². The number of thiol groups is 1. The Balaban J connectivity index is 2.95. The lowest BCUT2D eigenvalue weighted by Gasteiger charge is -2.26. The highest BCUT2D eigenvalue weighted by atomic mass is 32.1. The Morgan fingerprint density at radius 1 is 1.14 bits per heavy atom. The molecule has 8 heteroatoms. The Morgan fingerprint density at radius 2 is 1.75 bits per heavy atom. The van der Waals surface area contributed by atoms with Crippen molar-refractivity contribution in [3.8, 4) is 5.75 Å². The average molecular weight is 411 g/mol. The highest BCUT2D eigenvalue weighted by Gasteiger charge is 2.31. The van der Waals surface area contributed by atoms with Crippen LogP contribution in [0.1, 0.15) is 32.3 Å². The van der Waals surface area contributed by atoms with Gasteiger partial charge in [0, 0.05) is 18.7 Å². The molecule has 0 radical (unpaired) electrons. The first kappa shape index (κ1) is 23.8. The highest BCUT2D eigenvalue weighted by molar-refractivity contribution is 7.81. The van der Waals surface area contributed by atoms with Gasteiger partial charge in [-0.2, -0.15) is 12.6 Å². The minimum atomic E-state index is -1.01. The molecule has 1 aromatic rings. The van der Waals surface area contributed by atoms with Crippen molar-refractivity contribution in [2.24, 2.45) is 11.8 Å². The van der Waals surface area contributed by atoms with E-state index in [1.807, 2.05) is 26.0 Å². The Labute approximate surface area is 171 Å². The Morgan fingerprint density at radius 3 is 2.21 bits per heavy atom. The van der Waals surface area contributed by atoms with Gasteiger partial charge in [-0.3, -0.25) is 14.4 Å². The van der Waals surface area contributed by atoms with E-state index in [2.05, 4.69) is 23.3 Å². The molecule has 0 aliphatic carbocycles. The van der Waals surface area contributed by atoms with E-state index in [0.29, 0.717) is 18.6 Å². The van der Waals surface area contributed by atoms with E-state index in [-0.39, 0.29) is 24.2 Å². The summed E-state index contributed by atoms with van der Waals surface area (Å²) in [5.74, 6) is -1.42. The predicted molar refractivity (Wildman–Crippen MR) is 111 cm³/mol. The number of amides is 2. The van der Waals surface area contributed by atoms with Crippen molar-refractivity contribution in [3.63, 3.8) is 0 Å². The Kier molecular flexibility index (Phi) is 9.85. The molecule has 3 atom stereocenters. The van der Waals surface area contributed by atoms with Crippen LogP contribution in [-0.2, 0) is 20.8 Å². The molecular weight excluding hydrogens is 380 g/mol. The van der Waals surface area contributed by atoms with Crippen LogP contribution < -0.4 is 15.4 Å². The van der Waals surface area contributed by atoms with E-state index in [0.717, 1.165) is 5.56 Å². The maximum absolute atomic E-state index is 12.9. The van der Waals surface area contributed by atoms with E-state index in [1.165, 1.54) is 7.05 Å². The second-order valence-electron chi connectivity index (χ2n) is 7.13. The molecule has 0 bridgehead atoms. The van der Waals surface area contributed by atoms with Crippen molar-refractivity contribution in [1.82, 2.24) is 10.6 Å².